The van der Waals surface area contributed by atoms with Crippen LogP contribution in [0.1, 0.15) is 23.2 Å². The van der Waals surface area contributed by atoms with Gasteiger partial charge in [0.2, 0.25) is 0 Å². The molecule has 1 fully saturated rings. The van der Waals surface area contributed by atoms with Gasteiger partial charge in [-0.15, -0.1) is 0 Å². The van der Waals surface area contributed by atoms with Gasteiger partial charge in [0, 0.05) is 10.8 Å². The Morgan fingerprint density at radius 1 is 1.24 bits per heavy atom. The Labute approximate surface area is 98.6 Å². The van der Waals surface area contributed by atoms with Crippen molar-refractivity contribution in [1.82, 2.24) is 10.2 Å². The highest BCUT2D eigenvalue weighted by Gasteiger charge is 2.23. The Morgan fingerprint density at radius 3 is 2.76 bits per heavy atom. The van der Waals surface area contributed by atoms with Crippen molar-refractivity contribution in [3.63, 3.8) is 0 Å². The molecule has 3 rings (SSSR count). The van der Waals surface area contributed by atoms with E-state index in [0.717, 1.165) is 10.8 Å². The lowest BCUT2D eigenvalue weighted by Crippen LogP contribution is -2.07. The number of carbonyl (C=O) groups is 1. The van der Waals surface area contributed by atoms with E-state index in [-0.39, 0.29) is 5.97 Å². The van der Waals surface area contributed by atoms with Gasteiger partial charge in [-0.1, -0.05) is 6.07 Å². The second-order valence-electron chi connectivity index (χ2n) is 4.37. The molecule has 1 aliphatic carbocycles. The van der Waals surface area contributed by atoms with Crippen LogP contribution in [0.5, 0.6) is 0 Å². The van der Waals surface area contributed by atoms with Crippen LogP contribution in [-0.2, 0) is 4.74 Å². The van der Waals surface area contributed by atoms with E-state index in [2.05, 4.69) is 10.2 Å². The van der Waals surface area contributed by atoms with Crippen LogP contribution in [0.3, 0.4) is 0 Å². The summed E-state index contributed by atoms with van der Waals surface area (Å²) in [6, 6.07) is 5.41. The van der Waals surface area contributed by atoms with E-state index in [1.54, 1.807) is 24.5 Å². The zero-order valence-electron chi connectivity index (χ0n) is 9.30. The lowest BCUT2D eigenvalue weighted by molar-refractivity contribution is 0.0486. The van der Waals surface area contributed by atoms with Gasteiger partial charge >= 0.3 is 5.97 Å². The van der Waals surface area contributed by atoms with E-state index in [9.17, 15) is 4.79 Å². The van der Waals surface area contributed by atoms with Crippen LogP contribution >= 0.6 is 0 Å². The summed E-state index contributed by atoms with van der Waals surface area (Å²) in [7, 11) is 0. The Hall–Kier alpha value is -1.97. The first-order valence-corrected chi connectivity index (χ1v) is 5.70. The van der Waals surface area contributed by atoms with Crippen molar-refractivity contribution < 1.29 is 9.53 Å². The zero-order valence-corrected chi connectivity index (χ0v) is 9.30. The van der Waals surface area contributed by atoms with Gasteiger partial charge < -0.3 is 4.74 Å². The number of aromatic nitrogens is 2. The SMILES string of the molecule is O=C(OCC1CC1)c1ccc2cnncc2c1. The van der Waals surface area contributed by atoms with Crippen molar-refractivity contribution in [2.45, 2.75) is 12.8 Å². The predicted molar refractivity (Wildman–Crippen MR) is 62.5 cm³/mol. The fourth-order valence-electron chi connectivity index (χ4n) is 1.68. The van der Waals surface area contributed by atoms with Crippen LogP contribution in [0.2, 0.25) is 0 Å². The molecule has 86 valence electrons. The van der Waals surface area contributed by atoms with Gasteiger partial charge in [0.15, 0.2) is 0 Å². The van der Waals surface area contributed by atoms with E-state index in [1.807, 2.05) is 6.07 Å². The number of fused-ring (bicyclic) bond motifs is 1. The topological polar surface area (TPSA) is 52.1 Å². The predicted octanol–water partition coefficient (Wildman–Crippen LogP) is 2.20. The van der Waals surface area contributed by atoms with Gasteiger partial charge in [-0.05, 0) is 30.9 Å². The summed E-state index contributed by atoms with van der Waals surface area (Å²) in [4.78, 5) is 11.8. The quantitative estimate of drug-likeness (QED) is 0.756. The molecular weight excluding hydrogens is 216 g/mol. The first-order chi connectivity index (χ1) is 8.33. The fraction of sp³-hybridized carbons (Fsp3) is 0.308. The molecule has 4 nitrogen and oxygen atoms in total. The summed E-state index contributed by atoms with van der Waals surface area (Å²) in [5, 5.41) is 9.46. The molecule has 1 aromatic carbocycles. The lowest BCUT2D eigenvalue weighted by atomic mass is 10.1. The molecule has 17 heavy (non-hydrogen) atoms. The van der Waals surface area contributed by atoms with E-state index in [1.165, 1.54) is 12.8 Å². The molecule has 0 bridgehead atoms. The van der Waals surface area contributed by atoms with Crippen molar-refractivity contribution in [3.05, 3.63) is 36.2 Å². The molecule has 0 amide bonds. The molecule has 0 atom stereocenters. The molecule has 1 aliphatic rings. The maximum absolute atomic E-state index is 11.8. The summed E-state index contributed by atoms with van der Waals surface area (Å²) in [5.41, 5.74) is 0.575. The van der Waals surface area contributed by atoms with Crippen LogP contribution in [0, 0.1) is 5.92 Å². The Morgan fingerprint density at radius 2 is 2.00 bits per heavy atom. The molecule has 0 saturated heterocycles. The molecule has 0 radical (unpaired) electrons. The Bertz CT molecular complexity index is 564. The van der Waals surface area contributed by atoms with E-state index < -0.39 is 0 Å². The van der Waals surface area contributed by atoms with E-state index in [0.29, 0.717) is 18.1 Å². The van der Waals surface area contributed by atoms with Crippen molar-refractivity contribution in [3.8, 4) is 0 Å². The van der Waals surface area contributed by atoms with Crippen LogP contribution in [-0.4, -0.2) is 22.8 Å². The molecule has 1 aromatic heterocycles. The zero-order chi connectivity index (χ0) is 11.7. The third kappa shape index (κ3) is 2.25. The minimum Gasteiger partial charge on any atom is -0.462 e. The summed E-state index contributed by atoms with van der Waals surface area (Å²) in [6.45, 7) is 0.547. The number of benzene rings is 1. The number of hydrogen-bond acceptors (Lipinski definition) is 4. The number of carbonyl (C=O) groups excluding carboxylic acids is 1. The van der Waals surface area contributed by atoms with Crippen LogP contribution in [0.25, 0.3) is 10.8 Å². The van der Waals surface area contributed by atoms with Crippen LogP contribution in [0.4, 0.5) is 0 Å². The average molecular weight is 228 g/mol. The standard InChI is InChI=1S/C13H12N2O2/c16-13(17-8-9-1-2-9)10-3-4-11-6-14-15-7-12(11)5-10/h3-7,9H,1-2,8H2. The Kier molecular flexibility index (Phi) is 2.48. The third-order valence-corrected chi connectivity index (χ3v) is 2.93. The van der Waals surface area contributed by atoms with Gasteiger partial charge in [-0.2, -0.15) is 10.2 Å². The van der Waals surface area contributed by atoms with Crippen molar-refractivity contribution in [1.29, 1.82) is 0 Å². The van der Waals surface area contributed by atoms with Gasteiger partial charge in [0.05, 0.1) is 24.6 Å². The molecule has 0 unspecified atom stereocenters. The number of nitrogens with zero attached hydrogens (tertiary/aromatic N) is 2. The highest BCUT2D eigenvalue weighted by atomic mass is 16.5. The number of hydrogen-bond donors (Lipinski definition) is 0. The number of esters is 1. The molecular formula is C13H12N2O2. The fourth-order valence-corrected chi connectivity index (χ4v) is 1.68. The number of ether oxygens (including phenoxy) is 1. The maximum atomic E-state index is 11.8. The minimum atomic E-state index is -0.254. The molecule has 1 heterocycles. The summed E-state index contributed by atoms with van der Waals surface area (Å²) >= 11 is 0. The minimum absolute atomic E-state index is 0.254. The first kappa shape index (κ1) is 10.2. The average Bonchev–Trinajstić information content (AvgIpc) is 3.19. The first-order valence-electron chi connectivity index (χ1n) is 5.70. The van der Waals surface area contributed by atoms with Gasteiger partial charge in [0.1, 0.15) is 0 Å². The molecule has 0 aliphatic heterocycles. The molecule has 0 spiro atoms. The third-order valence-electron chi connectivity index (χ3n) is 2.93. The van der Waals surface area contributed by atoms with Crippen LogP contribution in [0.15, 0.2) is 30.6 Å². The van der Waals surface area contributed by atoms with E-state index in [4.69, 9.17) is 4.74 Å². The lowest BCUT2D eigenvalue weighted by Gasteiger charge is -2.04. The second kappa shape index (κ2) is 4.13. The van der Waals surface area contributed by atoms with Crippen molar-refractivity contribution in [2.75, 3.05) is 6.61 Å². The van der Waals surface area contributed by atoms with Crippen molar-refractivity contribution in [2.24, 2.45) is 5.92 Å². The molecule has 4 heteroatoms. The summed E-state index contributed by atoms with van der Waals surface area (Å²) < 4.78 is 5.23. The highest BCUT2D eigenvalue weighted by Crippen LogP contribution is 2.29. The maximum Gasteiger partial charge on any atom is 0.338 e. The second-order valence-corrected chi connectivity index (χ2v) is 4.37. The summed E-state index contributed by atoms with van der Waals surface area (Å²) in [6.07, 6.45) is 5.68. The summed E-state index contributed by atoms with van der Waals surface area (Å²) in [5.74, 6) is 0.334. The van der Waals surface area contributed by atoms with Crippen molar-refractivity contribution >= 4 is 16.7 Å². The van der Waals surface area contributed by atoms with Crippen LogP contribution < -0.4 is 0 Å². The Balaban J connectivity index is 1.81. The van der Waals surface area contributed by atoms with E-state index >= 15 is 0 Å². The van der Waals surface area contributed by atoms with Gasteiger partial charge in [0.25, 0.3) is 0 Å². The number of rotatable bonds is 3. The largest absolute Gasteiger partial charge is 0.462 e. The highest BCUT2D eigenvalue weighted by molar-refractivity contribution is 5.94. The smallest absolute Gasteiger partial charge is 0.338 e. The normalized spacial score (nSPS) is 14.8. The van der Waals surface area contributed by atoms with Gasteiger partial charge in [-0.3, -0.25) is 0 Å². The molecule has 1 saturated carbocycles. The monoisotopic (exact) mass is 228 g/mol. The van der Waals surface area contributed by atoms with Gasteiger partial charge in [-0.25, -0.2) is 4.79 Å². The molecule has 2 aromatic rings. The molecule has 0 N–H and O–H groups in total.